The first-order chi connectivity index (χ1) is 7.36. The van der Waals surface area contributed by atoms with Gasteiger partial charge in [0.1, 0.15) is 0 Å². The second kappa shape index (κ2) is 4.82. The maximum atomic E-state index is 4.26. The average molecular weight is 207 g/mol. The van der Waals surface area contributed by atoms with Crippen LogP contribution in [0.3, 0.4) is 0 Å². The number of aryl methyl sites for hydroxylation is 2. The number of aliphatic imine (C=N–C) groups is 1. The fourth-order valence-corrected chi connectivity index (χ4v) is 1.63. The topological polar surface area (TPSA) is 65.1 Å². The molecule has 1 aromatic heterocycles. The van der Waals surface area contributed by atoms with Crippen LogP contribution >= 0.6 is 0 Å². The van der Waals surface area contributed by atoms with Crippen molar-refractivity contribution in [1.82, 2.24) is 20.8 Å². The number of hydrogen-bond acceptors (Lipinski definition) is 4. The number of guanidine groups is 1. The van der Waals surface area contributed by atoms with Crippen LogP contribution in [0.1, 0.15) is 17.7 Å². The summed E-state index contributed by atoms with van der Waals surface area (Å²) in [6, 6.07) is 0. The Bertz CT molecular complexity index is 341. The van der Waals surface area contributed by atoms with Crippen LogP contribution in [-0.4, -0.2) is 35.8 Å². The molecule has 1 aromatic rings. The maximum absolute atomic E-state index is 4.26. The van der Waals surface area contributed by atoms with E-state index in [1.807, 2.05) is 6.20 Å². The van der Waals surface area contributed by atoms with Crippen molar-refractivity contribution in [3.05, 3.63) is 17.5 Å². The summed E-state index contributed by atoms with van der Waals surface area (Å²) in [5, 5.41) is 13.4. The highest BCUT2D eigenvalue weighted by atomic mass is 15.2. The third-order valence-corrected chi connectivity index (χ3v) is 2.52. The normalized spacial score (nSPS) is 14.9. The Morgan fingerprint density at radius 1 is 1.53 bits per heavy atom. The summed E-state index contributed by atoms with van der Waals surface area (Å²) in [6.45, 7) is 4.86. The lowest BCUT2D eigenvalue weighted by Gasteiger charge is -2.05. The van der Waals surface area contributed by atoms with Crippen molar-refractivity contribution >= 4 is 5.96 Å². The van der Waals surface area contributed by atoms with Gasteiger partial charge in [0, 0.05) is 18.8 Å². The van der Waals surface area contributed by atoms with Crippen molar-refractivity contribution in [2.75, 3.05) is 19.6 Å². The number of nitrogens with zero attached hydrogens (tertiary/aromatic N) is 2. The molecule has 0 aromatic carbocycles. The van der Waals surface area contributed by atoms with Crippen molar-refractivity contribution in [1.29, 1.82) is 0 Å². The van der Waals surface area contributed by atoms with Gasteiger partial charge in [0.05, 0.1) is 12.7 Å². The average Bonchev–Trinajstić information content (AvgIpc) is 2.85. The zero-order valence-corrected chi connectivity index (χ0v) is 9.01. The highest BCUT2D eigenvalue weighted by Crippen LogP contribution is 2.04. The molecule has 0 spiro atoms. The molecule has 2 rings (SSSR count). The minimum Gasteiger partial charge on any atom is -0.356 e. The molecule has 0 radical (unpaired) electrons. The van der Waals surface area contributed by atoms with Crippen molar-refractivity contribution in [3.63, 3.8) is 0 Å². The molecule has 0 unspecified atom stereocenters. The molecule has 0 saturated heterocycles. The number of hydrogen-bond donors (Lipinski definition) is 3. The van der Waals surface area contributed by atoms with Gasteiger partial charge in [0.2, 0.25) is 0 Å². The Morgan fingerprint density at radius 3 is 3.13 bits per heavy atom. The molecule has 0 atom stereocenters. The van der Waals surface area contributed by atoms with E-state index in [0.29, 0.717) is 0 Å². The van der Waals surface area contributed by atoms with Crippen LogP contribution in [0.5, 0.6) is 0 Å². The highest BCUT2D eigenvalue weighted by Gasteiger charge is 2.03. The molecule has 15 heavy (non-hydrogen) atoms. The summed E-state index contributed by atoms with van der Waals surface area (Å²) in [7, 11) is 0. The maximum Gasteiger partial charge on any atom is 0.191 e. The third-order valence-electron chi connectivity index (χ3n) is 2.52. The number of nitrogens with one attached hydrogen (secondary N) is 3. The van der Waals surface area contributed by atoms with Gasteiger partial charge in [0.25, 0.3) is 0 Å². The molecule has 0 bridgehead atoms. The molecule has 1 aliphatic rings. The second-order valence-corrected chi connectivity index (χ2v) is 3.71. The van der Waals surface area contributed by atoms with Crippen molar-refractivity contribution in [2.45, 2.75) is 19.8 Å². The SMILES string of the molecule is Cc1[nH]ncc1CCCNC1=NCCN1. The Hall–Kier alpha value is -1.52. The summed E-state index contributed by atoms with van der Waals surface area (Å²) in [5.74, 6) is 0.943. The fourth-order valence-electron chi connectivity index (χ4n) is 1.63. The molecule has 2 heterocycles. The molecule has 82 valence electrons. The molecule has 1 aliphatic heterocycles. The van der Waals surface area contributed by atoms with Gasteiger partial charge in [-0.2, -0.15) is 5.10 Å². The molecule has 5 heteroatoms. The number of aromatic nitrogens is 2. The Labute approximate surface area is 89.4 Å². The molecule has 3 N–H and O–H groups in total. The monoisotopic (exact) mass is 207 g/mol. The molecular formula is C10H17N5. The predicted molar refractivity (Wildman–Crippen MR) is 60.0 cm³/mol. The lowest BCUT2D eigenvalue weighted by Crippen LogP contribution is -2.34. The second-order valence-electron chi connectivity index (χ2n) is 3.71. The van der Waals surface area contributed by atoms with Crippen LogP contribution < -0.4 is 10.6 Å². The van der Waals surface area contributed by atoms with E-state index in [4.69, 9.17) is 0 Å². The van der Waals surface area contributed by atoms with E-state index in [2.05, 4.69) is 32.7 Å². The minimum absolute atomic E-state index is 0.892. The van der Waals surface area contributed by atoms with E-state index >= 15 is 0 Å². The molecule has 0 amide bonds. The number of rotatable bonds is 4. The smallest absolute Gasteiger partial charge is 0.191 e. The fraction of sp³-hybridized carbons (Fsp3) is 0.600. The van der Waals surface area contributed by atoms with Crippen molar-refractivity contribution in [2.24, 2.45) is 4.99 Å². The van der Waals surface area contributed by atoms with E-state index < -0.39 is 0 Å². The zero-order chi connectivity index (χ0) is 10.5. The summed E-state index contributed by atoms with van der Waals surface area (Å²) in [4.78, 5) is 4.26. The summed E-state index contributed by atoms with van der Waals surface area (Å²) >= 11 is 0. The minimum atomic E-state index is 0.892. The van der Waals surface area contributed by atoms with E-state index in [0.717, 1.165) is 38.4 Å². The van der Waals surface area contributed by atoms with Crippen LogP contribution in [0.2, 0.25) is 0 Å². The molecule has 0 saturated carbocycles. The van der Waals surface area contributed by atoms with E-state index in [9.17, 15) is 0 Å². The third kappa shape index (κ3) is 2.71. The summed E-state index contributed by atoms with van der Waals surface area (Å²) in [5.41, 5.74) is 2.48. The van der Waals surface area contributed by atoms with Crippen LogP contribution in [-0.2, 0) is 6.42 Å². The Kier molecular flexibility index (Phi) is 3.22. The van der Waals surface area contributed by atoms with Gasteiger partial charge < -0.3 is 10.6 Å². The first-order valence-electron chi connectivity index (χ1n) is 5.37. The molecular weight excluding hydrogens is 190 g/mol. The van der Waals surface area contributed by atoms with Crippen LogP contribution in [0.4, 0.5) is 0 Å². The van der Waals surface area contributed by atoms with E-state index in [1.165, 1.54) is 11.3 Å². The van der Waals surface area contributed by atoms with Crippen LogP contribution in [0.15, 0.2) is 11.2 Å². The van der Waals surface area contributed by atoms with Gasteiger partial charge >= 0.3 is 0 Å². The lowest BCUT2D eigenvalue weighted by atomic mass is 10.1. The summed E-state index contributed by atoms with van der Waals surface area (Å²) < 4.78 is 0. The van der Waals surface area contributed by atoms with Gasteiger partial charge in [-0.05, 0) is 25.3 Å². The van der Waals surface area contributed by atoms with Crippen molar-refractivity contribution < 1.29 is 0 Å². The van der Waals surface area contributed by atoms with E-state index in [-0.39, 0.29) is 0 Å². The molecule has 0 fully saturated rings. The standard InChI is InChI=1S/C10H17N5/c1-8-9(7-14-15-8)3-2-4-11-10-12-5-6-13-10/h7H,2-6H2,1H3,(H,14,15)(H2,11,12,13). The van der Waals surface area contributed by atoms with E-state index in [1.54, 1.807) is 0 Å². The van der Waals surface area contributed by atoms with Crippen molar-refractivity contribution in [3.8, 4) is 0 Å². The van der Waals surface area contributed by atoms with Gasteiger partial charge in [-0.1, -0.05) is 0 Å². The molecule has 0 aliphatic carbocycles. The predicted octanol–water partition coefficient (Wildman–Crippen LogP) is 0.200. The Morgan fingerprint density at radius 2 is 2.47 bits per heavy atom. The van der Waals surface area contributed by atoms with Gasteiger partial charge in [-0.25, -0.2) is 0 Å². The lowest BCUT2D eigenvalue weighted by molar-refractivity contribution is 0.758. The number of aromatic amines is 1. The molecule has 5 nitrogen and oxygen atoms in total. The quantitative estimate of drug-likeness (QED) is 0.618. The zero-order valence-electron chi connectivity index (χ0n) is 9.01. The Balaban J connectivity index is 1.65. The van der Waals surface area contributed by atoms with Gasteiger partial charge in [0.15, 0.2) is 5.96 Å². The highest BCUT2D eigenvalue weighted by molar-refractivity contribution is 5.81. The first kappa shape index (κ1) is 10.0. The van der Waals surface area contributed by atoms with Gasteiger partial charge in [-0.3, -0.25) is 10.1 Å². The van der Waals surface area contributed by atoms with Gasteiger partial charge in [-0.15, -0.1) is 0 Å². The number of H-pyrrole nitrogens is 1. The van der Waals surface area contributed by atoms with Crippen LogP contribution in [0.25, 0.3) is 0 Å². The largest absolute Gasteiger partial charge is 0.356 e. The van der Waals surface area contributed by atoms with Crippen LogP contribution in [0, 0.1) is 6.92 Å². The first-order valence-corrected chi connectivity index (χ1v) is 5.37. The summed E-state index contributed by atoms with van der Waals surface area (Å²) in [6.07, 6.45) is 4.06.